The van der Waals surface area contributed by atoms with Gasteiger partial charge in [-0.1, -0.05) is 12.1 Å². The maximum absolute atomic E-state index is 11.4. The van der Waals surface area contributed by atoms with Gasteiger partial charge in [0.25, 0.3) is 0 Å². The van der Waals surface area contributed by atoms with Gasteiger partial charge in [-0.3, -0.25) is 9.69 Å². The average molecular weight is 390 g/mol. The zero-order chi connectivity index (χ0) is 20.1. The fourth-order valence-electron chi connectivity index (χ4n) is 4.64. The summed E-state index contributed by atoms with van der Waals surface area (Å²) in [5.74, 6) is 1.95. The van der Waals surface area contributed by atoms with Crippen molar-refractivity contribution in [1.29, 1.82) is 0 Å². The van der Waals surface area contributed by atoms with Crippen LogP contribution in [0.15, 0.2) is 24.3 Å². The van der Waals surface area contributed by atoms with E-state index in [2.05, 4.69) is 47.4 Å². The molecule has 28 heavy (non-hydrogen) atoms. The first kappa shape index (κ1) is 21.1. The first-order valence-electron chi connectivity index (χ1n) is 10.4. The lowest BCUT2D eigenvalue weighted by molar-refractivity contribution is -0.121. The number of benzene rings is 1. The van der Waals surface area contributed by atoms with Crippen LogP contribution in [0, 0.1) is 11.8 Å². The van der Waals surface area contributed by atoms with E-state index in [0.717, 1.165) is 57.8 Å². The maximum atomic E-state index is 11.4. The van der Waals surface area contributed by atoms with Gasteiger partial charge in [-0.2, -0.15) is 0 Å². The summed E-state index contributed by atoms with van der Waals surface area (Å²) in [4.78, 5) is 16.0. The van der Waals surface area contributed by atoms with Crippen LogP contribution in [-0.4, -0.2) is 73.3 Å². The molecule has 2 aliphatic rings. The minimum absolute atomic E-state index is 0.0558. The highest BCUT2D eigenvalue weighted by Gasteiger charge is 2.41. The zero-order valence-electron chi connectivity index (χ0n) is 17.4. The van der Waals surface area contributed by atoms with E-state index in [1.54, 1.807) is 0 Å². The van der Waals surface area contributed by atoms with Crippen LogP contribution in [0.2, 0.25) is 0 Å². The second kappa shape index (κ2) is 9.72. The van der Waals surface area contributed by atoms with Crippen LogP contribution in [-0.2, 0) is 11.3 Å². The van der Waals surface area contributed by atoms with Gasteiger partial charge in [0.05, 0.1) is 18.8 Å². The van der Waals surface area contributed by atoms with E-state index >= 15 is 0 Å². The van der Waals surface area contributed by atoms with Crippen molar-refractivity contribution in [2.45, 2.75) is 44.9 Å². The van der Waals surface area contributed by atoms with Crippen molar-refractivity contribution in [3.8, 4) is 5.75 Å². The number of likely N-dealkylation sites (tertiary alicyclic amines) is 1. The monoisotopic (exact) mass is 389 g/mol. The van der Waals surface area contributed by atoms with E-state index in [-0.39, 0.29) is 11.9 Å². The third kappa shape index (κ3) is 5.93. The maximum Gasteiger partial charge on any atom is 0.217 e. The van der Waals surface area contributed by atoms with Crippen molar-refractivity contribution < 1.29 is 14.6 Å². The SMILES string of the molecule is CC(=O)N[C@@H]1C[C@@H]2CN(Cc3cccc(OCCCN(C)C)c3)C[C@@H]2C[C@H]1O. The Labute approximate surface area is 168 Å². The molecule has 0 unspecified atom stereocenters. The molecule has 1 saturated heterocycles. The Bertz CT molecular complexity index is 652. The molecular weight excluding hydrogens is 354 g/mol. The molecule has 1 aliphatic heterocycles. The molecule has 1 aromatic rings. The largest absolute Gasteiger partial charge is 0.494 e. The quantitative estimate of drug-likeness (QED) is 0.663. The lowest BCUT2D eigenvalue weighted by atomic mass is 9.77. The average Bonchev–Trinajstić information content (AvgIpc) is 2.99. The molecule has 2 N–H and O–H groups in total. The van der Waals surface area contributed by atoms with Crippen LogP contribution in [0.25, 0.3) is 0 Å². The van der Waals surface area contributed by atoms with Gasteiger partial charge in [-0.15, -0.1) is 0 Å². The molecule has 1 saturated carbocycles. The molecule has 1 heterocycles. The topological polar surface area (TPSA) is 65.0 Å². The fraction of sp³-hybridized carbons (Fsp3) is 0.682. The standard InChI is InChI=1S/C22H35N3O3/c1-16(26)23-21-11-18-14-25(15-19(18)12-22(21)27)13-17-6-4-7-20(10-17)28-9-5-8-24(2)3/h4,6-7,10,18-19,21-22,27H,5,8-9,11-15H2,1-3H3,(H,23,26)/t18-,19+,21-,22-/m1/s1. The Balaban J connectivity index is 1.50. The number of hydrogen-bond acceptors (Lipinski definition) is 5. The van der Waals surface area contributed by atoms with E-state index in [1.807, 2.05) is 6.07 Å². The predicted molar refractivity (Wildman–Crippen MR) is 110 cm³/mol. The van der Waals surface area contributed by atoms with Gasteiger partial charge in [0.1, 0.15) is 5.75 Å². The fourth-order valence-corrected chi connectivity index (χ4v) is 4.64. The minimum atomic E-state index is -0.427. The van der Waals surface area contributed by atoms with E-state index in [1.165, 1.54) is 12.5 Å². The van der Waals surface area contributed by atoms with Crippen LogP contribution < -0.4 is 10.1 Å². The number of amides is 1. The summed E-state index contributed by atoms with van der Waals surface area (Å²) in [6.45, 7) is 6.24. The van der Waals surface area contributed by atoms with Crippen molar-refractivity contribution in [2.24, 2.45) is 11.8 Å². The highest BCUT2D eigenvalue weighted by atomic mass is 16.5. The molecule has 0 spiro atoms. The third-order valence-corrected chi connectivity index (χ3v) is 5.93. The van der Waals surface area contributed by atoms with Crippen molar-refractivity contribution in [2.75, 3.05) is 40.3 Å². The van der Waals surface area contributed by atoms with E-state index in [0.29, 0.717) is 11.8 Å². The summed E-state index contributed by atoms with van der Waals surface area (Å²) in [6, 6.07) is 8.29. The highest BCUT2D eigenvalue weighted by molar-refractivity contribution is 5.73. The first-order chi connectivity index (χ1) is 13.4. The molecular formula is C22H35N3O3. The number of ether oxygens (including phenoxy) is 1. The van der Waals surface area contributed by atoms with Crippen LogP contribution in [0.1, 0.15) is 31.7 Å². The normalized spacial score (nSPS) is 27.6. The number of nitrogens with one attached hydrogen (secondary N) is 1. The number of rotatable bonds is 8. The molecule has 4 atom stereocenters. The summed E-state index contributed by atoms with van der Waals surface area (Å²) in [5.41, 5.74) is 1.27. The summed E-state index contributed by atoms with van der Waals surface area (Å²) in [7, 11) is 4.15. The van der Waals surface area contributed by atoms with E-state index in [9.17, 15) is 9.90 Å². The van der Waals surface area contributed by atoms with Gasteiger partial charge in [0.15, 0.2) is 0 Å². The number of hydrogen-bond donors (Lipinski definition) is 2. The molecule has 3 rings (SSSR count). The van der Waals surface area contributed by atoms with Gasteiger partial charge in [0.2, 0.25) is 5.91 Å². The number of carbonyl (C=O) groups excluding carboxylic acids is 1. The molecule has 6 nitrogen and oxygen atoms in total. The highest BCUT2D eigenvalue weighted by Crippen LogP contribution is 2.37. The minimum Gasteiger partial charge on any atom is -0.494 e. The second-order valence-electron chi connectivity index (χ2n) is 8.71. The first-order valence-corrected chi connectivity index (χ1v) is 10.4. The molecule has 2 fully saturated rings. The van der Waals surface area contributed by atoms with Crippen molar-refractivity contribution >= 4 is 5.91 Å². The number of aliphatic hydroxyl groups is 1. The molecule has 156 valence electrons. The molecule has 0 bridgehead atoms. The molecule has 0 radical (unpaired) electrons. The van der Waals surface area contributed by atoms with Gasteiger partial charge >= 0.3 is 0 Å². The van der Waals surface area contributed by atoms with Crippen LogP contribution in [0.5, 0.6) is 5.75 Å². The van der Waals surface area contributed by atoms with Crippen LogP contribution >= 0.6 is 0 Å². The van der Waals surface area contributed by atoms with Crippen molar-refractivity contribution in [3.05, 3.63) is 29.8 Å². The zero-order valence-corrected chi connectivity index (χ0v) is 17.4. The second-order valence-corrected chi connectivity index (χ2v) is 8.71. The Hall–Kier alpha value is -1.63. The predicted octanol–water partition coefficient (Wildman–Crippen LogP) is 1.72. The lowest BCUT2D eigenvalue weighted by Crippen LogP contribution is -2.48. The van der Waals surface area contributed by atoms with E-state index in [4.69, 9.17) is 4.74 Å². The summed E-state index contributed by atoms with van der Waals surface area (Å²) >= 11 is 0. The Morgan fingerprint density at radius 1 is 1.29 bits per heavy atom. The summed E-state index contributed by atoms with van der Waals surface area (Å²) in [6.07, 6.45) is 2.24. The Kier molecular flexibility index (Phi) is 7.32. The van der Waals surface area contributed by atoms with Crippen LogP contribution in [0.4, 0.5) is 0 Å². The van der Waals surface area contributed by atoms with E-state index < -0.39 is 6.10 Å². The molecule has 0 aromatic heterocycles. The van der Waals surface area contributed by atoms with Gasteiger partial charge in [0, 0.05) is 33.1 Å². The lowest BCUT2D eigenvalue weighted by Gasteiger charge is -2.35. The van der Waals surface area contributed by atoms with Gasteiger partial charge in [-0.05, 0) is 62.9 Å². The Morgan fingerprint density at radius 3 is 2.75 bits per heavy atom. The molecule has 1 amide bonds. The molecule has 1 aliphatic carbocycles. The smallest absolute Gasteiger partial charge is 0.217 e. The molecule has 1 aromatic carbocycles. The van der Waals surface area contributed by atoms with Crippen LogP contribution in [0.3, 0.4) is 0 Å². The van der Waals surface area contributed by atoms with Gasteiger partial charge in [-0.25, -0.2) is 0 Å². The summed E-state index contributed by atoms with van der Waals surface area (Å²) in [5, 5.41) is 13.3. The Morgan fingerprint density at radius 2 is 2.04 bits per heavy atom. The number of fused-ring (bicyclic) bond motifs is 1. The number of carbonyl (C=O) groups is 1. The van der Waals surface area contributed by atoms with Crippen molar-refractivity contribution in [1.82, 2.24) is 15.1 Å². The third-order valence-electron chi connectivity index (χ3n) is 5.93. The van der Waals surface area contributed by atoms with Gasteiger partial charge < -0.3 is 20.1 Å². The molecule has 6 heteroatoms. The summed E-state index contributed by atoms with van der Waals surface area (Å²) < 4.78 is 5.90. The number of aliphatic hydroxyl groups excluding tert-OH is 1. The number of nitrogens with zero attached hydrogens (tertiary/aromatic N) is 2. The van der Waals surface area contributed by atoms with Crippen molar-refractivity contribution in [3.63, 3.8) is 0 Å².